The van der Waals surface area contributed by atoms with Gasteiger partial charge in [-0.15, -0.1) is 11.3 Å². The van der Waals surface area contributed by atoms with E-state index in [1.807, 2.05) is 0 Å². The average Bonchev–Trinajstić information content (AvgIpc) is 3.22. The highest BCUT2D eigenvalue weighted by molar-refractivity contribution is 7.13. The number of piperazine rings is 1. The van der Waals surface area contributed by atoms with Crippen molar-refractivity contribution in [2.45, 2.75) is 13.3 Å². The first kappa shape index (κ1) is 16.7. The van der Waals surface area contributed by atoms with Crippen LogP contribution in [-0.2, 0) is 6.42 Å². The molecule has 1 aliphatic rings. The van der Waals surface area contributed by atoms with Gasteiger partial charge in [-0.2, -0.15) is 0 Å². The van der Waals surface area contributed by atoms with Gasteiger partial charge in [-0.1, -0.05) is 0 Å². The maximum atomic E-state index is 12.2. The van der Waals surface area contributed by atoms with Crippen molar-refractivity contribution in [2.24, 2.45) is 0 Å². The summed E-state index contributed by atoms with van der Waals surface area (Å²) >= 11 is 1.25. The Bertz CT molecular complexity index is 718. The van der Waals surface area contributed by atoms with Crippen LogP contribution in [0.2, 0.25) is 0 Å². The number of amides is 1. The van der Waals surface area contributed by atoms with Crippen molar-refractivity contribution in [2.75, 3.05) is 32.7 Å². The predicted octanol–water partition coefficient (Wildman–Crippen LogP) is 1.74. The monoisotopic (exact) mass is 349 g/mol. The molecule has 2 aromatic rings. The summed E-state index contributed by atoms with van der Waals surface area (Å²) in [5.41, 5.74) is 0.580. The molecule has 0 saturated carbocycles. The largest absolute Gasteiger partial charge is 0.477 e. The van der Waals surface area contributed by atoms with Crippen LogP contribution in [0.25, 0.3) is 0 Å². The van der Waals surface area contributed by atoms with Crippen LogP contribution in [0.4, 0.5) is 0 Å². The number of aromatic carboxylic acids is 1. The van der Waals surface area contributed by atoms with Gasteiger partial charge >= 0.3 is 5.97 Å². The van der Waals surface area contributed by atoms with Crippen LogP contribution in [-0.4, -0.2) is 64.5 Å². The highest BCUT2D eigenvalue weighted by atomic mass is 32.1. The van der Waals surface area contributed by atoms with Gasteiger partial charge in [-0.25, -0.2) is 9.78 Å². The quantitative estimate of drug-likeness (QED) is 0.885. The van der Waals surface area contributed by atoms with Crippen LogP contribution in [0.3, 0.4) is 0 Å². The summed E-state index contributed by atoms with van der Waals surface area (Å²) in [6, 6.07) is 3.39. The number of furan rings is 1. The summed E-state index contributed by atoms with van der Waals surface area (Å²) in [7, 11) is 0. The molecule has 0 aliphatic carbocycles. The third kappa shape index (κ3) is 3.65. The van der Waals surface area contributed by atoms with Crippen LogP contribution in [0.15, 0.2) is 22.8 Å². The Morgan fingerprint density at radius 1 is 1.33 bits per heavy atom. The third-order valence-corrected chi connectivity index (χ3v) is 5.27. The van der Waals surface area contributed by atoms with Gasteiger partial charge < -0.3 is 14.4 Å². The summed E-state index contributed by atoms with van der Waals surface area (Å²) in [6.45, 7) is 5.45. The van der Waals surface area contributed by atoms with Gasteiger partial charge in [0.05, 0.1) is 17.0 Å². The summed E-state index contributed by atoms with van der Waals surface area (Å²) < 4.78 is 5.15. The second-order valence-corrected chi connectivity index (χ2v) is 6.77. The Balaban J connectivity index is 1.48. The molecule has 1 N–H and O–H groups in total. The number of aryl methyl sites for hydroxylation is 1. The van der Waals surface area contributed by atoms with Gasteiger partial charge in [0.15, 0.2) is 5.76 Å². The van der Waals surface area contributed by atoms with E-state index in [4.69, 9.17) is 9.52 Å². The topological polar surface area (TPSA) is 86.9 Å². The maximum Gasteiger partial charge on any atom is 0.347 e. The molecule has 24 heavy (non-hydrogen) atoms. The van der Waals surface area contributed by atoms with Gasteiger partial charge in [-0.3, -0.25) is 9.69 Å². The summed E-state index contributed by atoms with van der Waals surface area (Å²) in [6.07, 6.45) is 2.23. The van der Waals surface area contributed by atoms with Gasteiger partial charge in [0, 0.05) is 39.1 Å². The fourth-order valence-electron chi connectivity index (χ4n) is 2.74. The third-order valence-electron chi connectivity index (χ3n) is 4.07. The van der Waals surface area contributed by atoms with Crippen molar-refractivity contribution in [3.8, 4) is 0 Å². The van der Waals surface area contributed by atoms with Gasteiger partial charge in [0.2, 0.25) is 0 Å². The molecule has 2 aromatic heterocycles. The van der Waals surface area contributed by atoms with Crippen LogP contribution in [0, 0.1) is 6.92 Å². The Morgan fingerprint density at radius 3 is 2.67 bits per heavy atom. The lowest BCUT2D eigenvalue weighted by Crippen LogP contribution is -2.49. The standard InChI is InChI=1S/C16H19N3O4S/c1-11-14(16(21)22)24-13(17-11)4-5-18-6-8-19(9-7-18)15(20)12-3-2-10-23-12/h2-3,10H,4-9H2,1H3,(H,21,22). The Labute approximate surface area is 143 Å². The Hall–Kier alpha value is -2.19. The highest BCUT2D eigenvalue weighted by Gasteiger charge is 2.23. The molecule has 0 radical (unpaired) electrons. The molecule has 1 aliphatic heterocycles. The van der Waals surface area contributed by atoms with Crippen LogP contribution in [0.1, 0.15) is 30.9 Å². The molecule has 0 bridgehead atoms. The van der Waals surface area contributed by atoms with Crippen molar-refractivity contribution < 1.29 is 19.1 Å². The number of thiazole rings is 1. The zero-order valence-corrected chi connectivity index (χ0v) is 14.2. The summed E-state index contributed by atoms with van der Waals surface area (Å²) in [4.78, 5) is 32.0. The normalized spacial score (nSPS) is 15.6. The molecule has 7 nitrogen and oxygen atoms in total. The smallest absolute Gasteiger partial charge is 0.347 e. The van der Waals surface area contributed by atoms with Crippen molar-refractivity contribution in [1.82, 2.24) is 14.8 Å². The molecule has 1 fully saturated rings. The first-order valence-electron chi connectivity index (χ1n) is 7.79. The minimum atomic E-state index is -0.915. The lowest BCUT2D eigenvalue weighted by atomic mass is 10.2. The minimum Gasteiger partial charge on any atom is -0.477 e. The molecule has 0 unspecified atom stereocenters. The van der Waals surface area contributed by atoms with Crippen LogP contribution >= 0.6 is 11.3 Å². The number of carboxylic acids is 1. The molecule has 0 aromatic carbocycles. The fourth-order valence-corrected chi connectivity index (χ4v) is 3.63. The number of carbonyl (C=O) groups is 2. The van der Waals surface area contributed by atoms with E-state index in [0.29, 0.717) is 29.4 Å². The van der Waals surface area contributed by atoms with E-state index >= 15 is 0 Å². The van der Waals surface area contributed by atoms with Crippen molar-refractivity contribution in [3.05, 3.63) is 39.7 Å². The second kappa shape index (κ2) is 7.14. The number of carbonyl (C=O) groups excluding carboxylic acids is 1. The Kier molecular flexibility index (Phi) is 4.96. The van der Waals surface area contributed by atoms with E-state index in [1.54, 1.807) is 24.0 Å². The van der Waals surface area contributed by atoms with E-state index in [1.165, 1.54) is 17.6 Å². The molecule has 0 spiro atoms. The number of hydrogen-bond acceptors (Lipinski definition) is 6. The van der Waals surface area contributed by atoms with Gasteiger partial charge in [0.25, 0.3) is 5.91 Å². The van der Waals surface area contributed by atoms with E-state index in [9.17, 15) is 9.59 Å². The molecule has 0 atom stereocenters. The number of carboxylic acid groups (broad SMARTS) is 1. The lowest BCUT2D eigenvalue weighted by molar-refractivity contribution is 0.0607. The SMILES string of the molecule is Cc1nc(CCN2CCN(C(=O)c3ccco3)CC2)sc1C(=O)O. The summed E-state index contributed by atoms with van der Waals surface area (Å²) in [5.74, 6) is -0.606. The molecule has 128 valence electrons. The molecule has 1 amide bonds. The summed E-state index contributed by atoms with van der Waals surface area (Å²) in [5, 5.41) is 9.92. The first-order chi connectivity index (χ1) is 11.5. The maximum absolute atomic E-state index is 12.2. The molecular weight excluding hydrogens is 330 g/mol. The van der Waals surface area contributed by atoms with Crippen molar-refractivity contribution in [3.63, 3.8) is 0 Å². The number of nitrogens with zero attached hydrogens (tertiary/aromatic N) is 3. The number of aromatic nitrogens is 1. The van der Waals surface area contributed by atoms with Crippen LogP contribution < -0.4 is 0 Å². The molecular formula is C16H19N3O4S. The van der Waals surface area contributed by atoms with Gasteiger partial charge in [-0.05, 0) is 19.1 Å². The number of rotatable bonds is 5. The Morgan fingerprint density at radius 2 is 2.08 bits per heavy atom. The zero-order chi connectivity index (χ0) is 17.1. The van der Waals surface area contributed by atoms with Gasteiger partial charge in [0.1, 0.15) is 4.88 Å². The van der Waals surface area contributed by atoms with Crippen molar-refractivity contribution in [1.29, 1.82) is 0 Å². The second-order valence-electron chi connectivity index (χ2n) is 5.69. The molecule has 3 rings (SSSR count). The highest BCUT2D eigenvalue weighted by Crippen LogP contribution is 2.19. The minimum absolute atomic E-state index is 0.0682. The zero-order valence-electron chi connectivity index (χ0n) is 13.4. The number of hydrogen-bond donors (Lipinski definition) is 1. The van der Waals surface area contributed by atoms with E-state index < -0.39 is 5.97 Å². The molecule has 3 heterocycles. The van der Waals surface area contributed by atoms with Crippen molar-refractivity contribution >= 4 is 23.2 Å². The molecule has 8 heteroatoms. The van der Waals surface area contributed by atoms with E-state index in [-0.39, 0.29) is 5.91 Å². The van der Waals surface area contributed by atoms with E-state index in [2.05, 4.69) is 9.88 Å². The first-order valence-corrected chi connectivity index (χ1v) is 8.61. The molecule has 1 saturated heterocycles. The predicted molar refractivity (Wildman–Crippen MR) is 88.6 cm³/mol. The average molecular weight is 349 g/mol. The lowest BCUT2D eigenvalue weighted by Gasteiger charge is -2.34. The van der Waals surface area contributed by atoms with E-state index in [0.717, 1.165) is 31.1 Å². The van der Waals surface area contributed by atoms with Crippen LogP contribution in [0.5, 0.6) is 0 Å². The fraction of sp³-hybridized carbons (Fsp3) is 0.438.